The van der Waals surface area contributed by atoms with Gasteiger partial charge in [-0.15, -0.1) is 0 Å². The van der Waals surface area contributed by atoms with Crippen molar-refractivity contribution in [3.8, 4) is 0 Å². The van der Waals surface area contributed by atoms with Crippen LogP contribution in [0.3, 0.4) is 0 Å². The minimum Gasteiger partial charge on any atom is -0.312 e. The molecular weight excluding hydrogens is 198 g/mol. The predicted octanol–water partition coefficient (Wildman–Crippen LogP) is 1.95. The molecule has 1 aromatic heterocycles. The van der Waals surface area contributed by atoms with Gasteiger partial charge in [-0.05, 0) is 52.4 Å². The van der Waals surface area contributed by atoms with Gasteiger partial charge >= 0.3 is 0 Å². The van der Waals surface area contributed by atoms with Crippen LogP contribution in [0, 0.1) is 0 Å². The maximum atomic E-state index is 4.26. The molecule has 16 heavy (non-hydrogen) atoms. The fourth-order valence-corrected chi connectivity index (χ4v) is 1.40. The Hall–Kier alpha value is -0.930. The predicted molar refractivity (Wildman–Crippen MR) is 68.3 cm³/mol. The summed E-state index contributed by atoms with van der Waals surface area (Å²) in [4.78, 5) is 4.26. The molecule has 1 rings (SSSR count). The highest BCUT2D eigenvalue weighted by atomic mass is 15.0. The summed E-state index contributed by atoms with van der Waals surface area (Å²) in [5.74, 6) is 0. The quantitative estimate of drug-likeness (QED) is 0.721. The highest BCUT2D eigenvalue weighted by Crippen LogP contribution is 1.97. The number of rotatable bonds is 6. The zero-order valence-electron chi connectivity index (χ0n) is 10.6. The van der Waals surface area contributed by atoms with Crippen molar-refractivity contribution in [3.63, 3.8) is 0 Å². The van der Waals surface area contributed by atoms with Crippen molar-refractivity contribution < 1.29 is 0 Å². The van der Waals surface area contributed by atoms with Crippen molar-refractivity contribution in [3.05, 3.63) is 30.1 Å². The first kappa shape index (κ1) is 13.1. The molecule has 0 atom stereocenters. The molecule has 0 saturated heterocycles. The van der Waals surface area contributed by atoms with Gasteiger partial charge in [0.05, 0.1) is 5.69 Å². The largest absolute Gasteiger partial charge is 0.312 e. The molecule has 1 aromatic rings. The lowest BCUT2D eigenvalue weighted by molar-refractivity contribution is 0.418. The second-order valence-electron chi connectivity index (χ2n) is 5.03. The Balaban J connectivity index is 2.01. The number of aromatic nitrogens is 1. The lowest BCUT2D eigenvalue weighted by Crippen LogP contribution is -2.37. The molecule has 0 fully saturated rings. The van der Waals surface area contributed by atoms with Gasteiger partial charge in [0, 0.05) is 18.3 Å². The molecule has 0 aromatic carbocycles. The molecule has 0 aliphatic carbocycles. The first-order valence-corrected chi connectivity index (χ1v) is 5.93. The fourth-order valence-electron chi connectivity index (χ4n) is 1.40. The first-order valence-electron chi connectivity index (χ1n) is 5.93. The Labute approximate surface area is 98.7 Å². The van der Waals surface area contributed by atoms with E-state index in [1.54, 1.807) is 0 Å². The van der Waals surface area contributed by atoms with Crippen molar-refractivity contribution >= 4 is 0 Å². The average molecular weight is 221 g/mol. The third-order valence-corrected chi connectivity index (χ3v) is 2.22. The summed E-state index contributed by atoms with van der Waals surface area (Å²) in [6.07, 6.45) is 2.97. The number of hydrogen-bond acceptors (Lipinski definition) is 3. The minimum absolute atomic E-state index is 0.223. The van der Waals surface area contributed by atoms with Crippen molar-refractivity contribution in [2.75, 3.05) is 13.1 Å². The SMILES string of the molecule is CC(C)(C)NCCCNCc1ccccn1. The molecule has 3 nitrogen and oxygen atoms in total. The Bertz CT molecular complexity index is 277. The zero-order chi connectivity index (χ0) is 11.9. The molecule has 0 radical (unpaired) electrons. The highest BCUT2D eigenvalue weighted by molar-refractivity contribution is 5.02. The summed E-state index contributed by atoms with van der Waals surface area (Å²) >= 11 is 0. The Morgan fingerprint density at radius 3 is 2.62 bits per heavy atom. The molecule has 2 N–H and O–H groups in total. The fraction of sp³-hybridized carbons (Fsp3) is 0.615. The van der Waals surface area contributed by atoms with E-state index in [4.69, 9.17) is 0 Å². The summed E-state index contributed by atoms with van der Waals surface area (Å²) in [6.45, 7) is 9.51. The minimum atomic E-state index is 0.223. The molecule has 0 aliphatic rings. The summed E-state index contributed by atoms with van der Waals surface area (Å²) in [6, 6.07) is 6.00. The van der Waals surface area contributed by atoms with Gasteiger partial charge in [-0.1, -0.05) is 6.07 Å². The molecule has 3 heteroatoms. The van der Waals surface area contributed by atoms with Crippen LogP contribution in [0.4, 0.5) is 0 Å². The van der Waals surface area contributed by atoms with E-state index < -0.39 is 0 Å². The van der Waals surface area contributed by atoms with Gasteiger partial charge in [0.25, 0.3) is 0 Å². The molecule has 1 heterocycles. The standard InChI is InChI=1S/C13H23N3/c1-13(2,3)16-10-6-8-14-11-12-7-4-5-9-15-12/h4-5,7,9,14,16H,6,8,10-11H2,1-3H3. The van der Waals surface area contributed by atoms with E-state index in [1.807, 2.05) is 24.4 Å². The van der Waals surface area contributed by atoms with Crippen LogP contribution < -0.4 is 10.6 Å². The zero-order valence-corrected chi connectivity index (χ0v) is 10.6. The number of hydrogen-bond donors (Lipinski definition) is 2. The van der Waals surface area contributed by atoms with Gasteiger partial charge in [0.2, 0.25) is 0 Å². The van der Waals surface area contributed by atoms with Gasteiger partial charge < -0.3 is 10.6 Å². The molecule has 0 amide bonds. The van der Waals surface area contributed by atoms with E-state index >= 15 is 0 Å². The third kappa shape index (κ3) is 6.53. The van der Waals surface area contributed by atoms with Gasteiger partial charge in [-0.3, -0.25) is 4.98 Å². The lowest BCUT2D eigenvalue weighted by atomic mass is 10.1. The van der Waals surface area contributed by atoms with Crippen LogP contribution in [0.2, 0.25) is 0 Å². The second kappa shape index (κ2) is 6.61. The number of nitrogens with zero attached hydrogens (tertiary/aromatic N) is 1. The second-order valence-corrected chi connectivity index (χ2v) is 5.03. The van der Waals surface area contributed by atoms with Crippen molar-refractivity contribution in [1.82, 2.24) is 15.6 Å². The maximum Gasteiger partial charge on any atom is 0.0541 e. The van der Waals surface area contributed by atoms with Crippen molar-refractivity contribution in [2.24, 2.45) is 0 Å². The summed E-state index contributed by atoms with van der Waals surface area (Å²) in [5.41, 5.74) is 1.33. The van der Waals surface area contributed by atoms with E-state index in [-0.39, 0.29) is 5.54 Å². The van der Waals surface area contributed by atoms with Crippen LogP contribution >= 0.6 is 0 Å². The molecular formula is C13H23N3. The van der Waals surface area contributed by atoms with Gasteiger partial charge in [0.15, 0.2) is 0 Å². The number of pyridine rings is 1. The molecule has 90 valence electrons. The van der Waals surface area contributed by atoms with E-state index in [0.717, 1.165) is 31.7 Å². The Morgan fingerprint density at radius 2 is 2.00 bits per heavy atom. The van der Waals surface area contributed by atoms with Crippen molar-refractivity contribution in [2.45, 2.75) is 39.3 Å². The normalized spacial score (nSPS) is 11.7. The van der Waals surface area contributed by atoms with Crippen LogP contribution in [-0.4, -0.2) is 23.6 Å². The molecule has 0 bridgehead atoms. The third-order valence-electron chi connectivity index (χ3n) is 2.22. The van der Waals surface area contributed by atoms with Gasteiger partial charge in [0.1, 0.15) is 0 Å². The van der Waals surface area contributed by atoms with Crippen LogP contribution in [0.25, 0.3) is 0 Å². The highest BCUT2D eigenvalue weighted by Gasteiger charge is 2.06. The van der Waals surface area contributed by atoms with E-state index in [0.29, 0.717) is 0 Å². The molecule has 0 aliphatic heterocycles. The summed E-state index contributed by atoms with van der Waals surface area (Å²) < 4.78 is 0. The lowest BCUT2D eigenvalue weighted by Gasteiger charge is -2.20. The molecule has 0 spiro atoms. The van der Waals surface area contributed by atoms with Gasteiger partial charge in [-0.25, -0.2) is 0 Å². The first-order chi connectivity index (χ1) is 7.58. The molecule has 0 unspecified atom stereocenters. The monoisotopic (exact) mass is 221 g/mol. The van der Waals surface area contributed by atoms with E-state index in [9.17, 15) is 0 Å². The van der Waals surface area contributed by atoms with E-state index in [1.165, 1.54) is 0 Å². The molecule has 0 saturated carbocycles. The maximum absolute atomic E-state index is 4.26. The summed E-state index contributed by atoms with van der Waals surface area (Å²) in [5, 5.41) is 6.85. The van der Waals surface area contributed by atoms with Crippen LogP contribution in [-0.2, 0) is 6.54 Å². The van der Waals surface area contributed by atoms with Crippen LogP contribution in [0.15, 0.2) is 24.4 Å². The van der Waals surface area contributed by atoms with E-state index in [2.05, 4.69) is 36.4 Å². The smallest absolute Gasteiger partial charge is 0.0541 e. The van der Waals surface area contributed by atoms with Crippen molar-refractivity contribution in [1.29, 1.82) is 0 Å². The van der Waals surface area contributed by atoms with Gasteiger partial charge in [-0.2, -0.15) is 0 Å². The number of nitrogens with one attached hydrogen (secondary N) is 2. The topological polar surface area (TPSA) is 37.0 Å². The average Bonchev–Trinajstić information content (AvgIpc) is 2.23. The van der Waals surface area contributed by atoms with Crippen LogP contribution in [0.5, 0.6) is 0 Å². The Kier molecular flexibility index (Phi) is 5.43. The van der Waals surface area contributed by atoms with Crippen LogP contribution in [0.1, 0.15) is 32.9 Å². The summed E-state index contributed by atoms with van der Waals surface area (Å²) in [7, 11) is 0. The Morgan fingerprint density at radius 1 is 1.19 bits per heavy atom.